The zero-order valence-corrected chi connectivity index (χ0v) is 8.62. The number of hydrogen-bond acceptors (Lipinski definition) is 3. The second-order valence-corrected chi connectivity index (χ2v) is 4.04. The lowest BCUT2D eigenvalue weighted by atomic mass is 10.1. The van der Waals surface area contributed by atoms with E-state index in [0.29, 0.717) is 11.4 Å². The summed E-state index contributed by atoms with van der Waals surface area (Å²) < 4.78 is 13.6. The van der Waals surface area contributed by atoms with Crippen molar-refractivity contribution in [2.75, 3.05) is 23.7 Å². The molecule has 1 aliphatic rings. The smallest absolute Gasteiger partial charge is 0.148 e. The van der Waals surface area contributed by atoms with Gasteiger partial charge >= 0.3 is 0 Å². The summed E-state index contributed by atoms with van der Waals surface area (Å²) in [7, 11) is 0. The van der Waals surface area contributed by atoms with Crippen LogP contribution in [0.4, 0.5) is 15.8 Å². The number of benzene rings is 1. The second-order valence-electron chi connectivity index (χ2n) is 4.04. The highest BCUT2D eigenvalue weighted by molar-refractivity contribution is 5.54. The number of halogens is 1. The molecule has 0 saturated carbocycles. The Labute approximate surface area is 88.9 Å². The first-order valence-electron chi connectivity index (χ1n) is 5.22. The maximum absolute atomic E-state index is 13.6. The molecule has 15 heavy (non-hydrogen) atoms. The first kappa shape index (κ1) is 10.2. The van der Waals surface area contributed by atoms with E-state index >= 15 is 0 Å². The van der Waals surface area contributed by atoms with Gasteiger partial charge in [0, 0.05) is 24.8 Å². The van der Waals surface area contributed by atoms with Gasteiger partial charge < -0.3 is 16.4 Å². The molecule has 0 aliphatic carbocycles. The Bertz CT molecular complexity index is 346. The standard InChI is InChI=1S/C11H16FN3/c12-10-7-9(14)1-2-11(10)15-5-3-8(13)4-6-15/h1-2,7-8H,3-6,13-14H2. The molecule has 1 aromatic carbocycles. The minimum absolute atomic E-state index is 0.245. The average Bonchev–Trinajstić information content (AvgIpc) is 2.20. The zero-order chi connectivity index (χ0) is 10.8. The van der Waals surface area contributed by atoms with Gasteiger partial charge in [-0.15, -0.1) is 0 Å². The van der Waals surface area contributed by atoms with Crippen LogP contribution < -0.4 is 16.4 Å². The summed E-state index contributed by atoms with van der Waals surface area (Å²) in [6.45, 7) is 1.64. The lowest BCUT2D eigenvalue weighted by molar-refractivity contribution is 0.494. The normalized spacial score (nSPS) is 18.1. The van der Waals surface area contributed by atoms with Crippen LogP contribution in [0.25, 0.3) is 0 Å². The Balaban J connectivity index is 2.15. The monoisotopic (exact) mass is 209 g/mol. The fourth-order valence-electron chi connectivity index (χ4n) is 1.92. The lowest BCUT2D eigenvalue weighted by Gasteiger charge is -2.32. The van der Waals surface area contributed by atoms with Crippen LogP contribution in [0.1, 0.15) is 12.8 Å². The van der Waals surface area contributed by atoms with E-state index < -0.39 is 0 Å². The van der Waals surface area contributed by atoms with Crippen LogP contribution in [0.5, 0.6) is 0 Å². The molecule has 0 amide bonds. The molecule has 0 unspecified atom stereocenters. The molecule has 1 saturated heterocycles. The number of nitrogens with two attached hydrogens (primary N) is 2. The molecule has 0 atom stereocenters. The van der Waals surface area contributed by atoms with Gasteiger partial charge in [-0.25, -0.2) is 4.39 Å². The van der Waals surface area contributed by atoms with Crippen LogP contribution in [-0.2, 0) is 0 Å². The number of anilines is 2. The van der Waals surface area contributed by atoms with E-state index in [0.717, 1.165) is 25.9 Å². The molecule has 1 fully saturated rings. The van der Waals surface area contributed by atoms with Crippen LogP contribution in [0.3, 0.4) is 0 Å². The molecule has 82 valence electrons. The first-order valence-corrected chi connectivity index (χ1v) is 5.22. The molecule has 4 heteroatoms. The van der Waals surface area contributed by atoms with Crippen LogP contribution in [0.2, 0.25) is 0 Å². The highest BCUT2D eigenvalue weighted by Crippen LogP contribution is 2.24. The minimum atomic E-state index is -0.245. The molecule has 1 aliphatic heterocycles. The number of nitrogens with zero attached hydrogens (tertiary/aromatic N) is 1. The molecule has 1 heterocycles. The van der Waals surface area contributed by atoms with Gasteiger partial charge in [0.2, 0.25) is 0 Å². The van der Waals surface area contributed by atoms with Crippen molar-refractivity contribution in [1.29, 1.82) is 0 Å². The molecular weight excluding hydrogens is 193 g/mol. The van der Waals surface area contributed by atoms with Gasteiger partial charge in [-0.1, -0.05) is 0 Å². The Hall–Kier alpha value is -1.29. The summed E-state index contributed by atoms with van der Waals surface area (Å²) in [4.78, 5) is 2.03. The van der Waals surface area contributed by atoms with E-state index in [4.69, 9.17) is 11.5 Å². The van der Waals surface area contributed by atoms with E-state index in [1.807, 2.05) is 4.90 Å². The fourth-order valence-corrected chi connectivity index (χ4v) is 1.92. The van der Waals surface area contributed by atoms with Crippen molar-refractivity contribution in [3.63, 3.8) is 0 Å². The predicted molar refractivity (Wildman–Crippen MR) is 60.2 cm³/mol. The maximum atomic E-state index is 13.6. The van der Waals surface area contributed by atoms with Gasteiger partial charge in [-0.3, -0.25) is 0 Å². The Morgan fingerprint density at radius 2 is 1.93 bits per heavy atom. The van der Waals surface area contributed by atoms with Gasteiger partial charge in [-0.2, -0.15) is 0 Å². The van der Waals surface area contributed by atoms with Crippen LogP contribution in [0.15, 0.2) is 18.2 Å². The molecule has 0 aromatic heterocycles. The van der Waals surface area contributed by atoms with Crippen LogP contribution in [0, 0.1) is 5.82 Å². The highest BCUT2D eigenvalue weighted by Gasteiger charge is 2.18. The number of hydrogen-bond donors (Lipinski definition) is 2. The van der Waals surface area contributed by atoms with Crippen molar-refractivity contribution >= 4 is 11.4 Å². The van der Waals surface area contributed by atoms with Crippen LogP contribution in [-0.4, -0.2) is 19.1 Å². The molecular formula is C11H16FN3. The molecule has 4 N–H and O–H groups in total. The summed E-state index contributed by atoms with van der Waals surface area (Å²) in [5.41, 5.74) is 12.4. The molecule has 2 rings (SSSR count). The quantitative estimate of drug-likeness (QED) is 0.686. The third-order valence-corrected chi connectivity index (χ3v) is 2.85. The van der Waals surface area contributed by atoms with E-state index in [2.05, 4.69) is 0 Å². The van der Waals surface area contributed by atoms with Crippen molar-refractivity contribution < 1.29 is 4.39 Å². The highest BCUT2D eigenvalue weighted by atomic mass is 19.1. The summed E-state index contributed by atoms with van der Waals surface area (Å²) in [6.07, 6.45) is 1.84. The molecule has 0 radical (unpaired) electrons. The van der Waals surface area contributed by atoms with Gasteiger partial charge in [0.15, 0.2) is 0 Å². The fraction of sp³-hybridized carbons (Fsp3) is 0.455. The Morgan fingerprint density at radius 1 is 1.27 bits per heavy atom. The van der Waals surface area contributed by atoms with Crippen molar-refractivity contribution in [2.24, 2.45) is 5.73 Å². The van der Waals surface area contributed by atoms with Gasteiger partial charge in [0.1, 0.15) is 5.82 Å². The topological polar surface area (TPSA) is 55.3 Å². The maximum Gasteiger partial charge on any atom is 0.148 e. The number of nitrogen functional groups attached to an aromatic ring is 1. The largest absolute Gasteiger partial charge is 0.399 e. The molecule has 0 spiro atoms. The summed E-state index contributed by atoms with van der Waals surface area (Å²) >= 11 is 0. The van der Waals surface area contributed by atoms with Gasteiger partial charge in [0.05, 0.1) is 5.69 Å². The van der Waals surface area contributed by atoms with Crippen LogP contribution >= 0.6 is 0 Å². The summed E-state index contributed by atoms with van der Waals surface area (Å²) in [5.74, 6) is -0.245. The predicted octanol–water partition coefficient (Wildman–Crippen LogP) is 1.34. The molecule has 1 aromatic rings. The average molecular weight is 209 g/mol. The Morgan fingerprint density at radius 3 is 2.53 bits per heavy atom. The summed E-state index contributed by atoms with van der Waals surface area (Å²) in [6, 6.07) is 5.09. The van der Waals surface area contributed by atoms with E-state index in [1.165, 1.54) is 6.07 Å². The van der Waals surface area contributed by atoms with Crippen molar-refractivity contribution in [3.05, 3.63) is 24.0 Å². The number of piperidine rings is 1. The van der Waals surface area contributed by atoms with Gasteiger partial charge in [-0.05, 0) is 31.0 Å². The second kappa shape index (κ2) is 4.06. The van der Waals surface area contributed by atoms with E-state index in [1.54, 1.807) is 12.1 Å². The van der Waals surface area contributed by atoms with Crippen molar-refractivity contribution in [3.8, 4) is 0 Å². The van der Waals surface area contributed by atoms with Gasteiger partial charge in [0.25, 0.3) is 0 Å². The van der Waals surface area contributed by atoms with E-state index in [9.17, 15) is 4.39 Å². The summed E-state index contributed by atoms with van der Waals surface area (Å²) in [5, 5.41) is 0. The third kappa shape index (κ3) is 2.21. The van der Waals surface area contributed by atoms with Crippen molar-refractivity contribution in [2.45, 2.75) is 18.9 Å². The third-order valence-electron chi connectivity index (χ3n) is 2.85. The zero-order valence-electron chi connectivity index (χ0n) is 8.62. The molecule has 3 nitrogen and oxygen atoms in total. The number of rotatable bonds is 1. The lowest BCUT2D eigenvalue weighted by Crippen LogP contribution is -2.40. The minimum Gasteiger partial charge on any atom is -0.399 e. The Kier molecular flexibility index (Phi) is 2.77. The first-order chi connectivity index (χ1) is 7.16. The SMILES string of the molecule is Nc1ccc(N2CCC(N)CC2)c(F)c1. The van der Waals surface area contributed by atoms with Crippen molar-refractivity contribution in [1.82, 2.24) is 0 Å². The van der Waals surface area contributed by atoms with E-state index in [-0.39, 0.29) is 11.9 Å². The molecule has 0 bridgehead atoms.